The summed E-state index contributed by atoms with van der Waals surface area (Å²) in [6.07, 6.45) is 1.88. The van der Waals surface area contributed by atoms with Gasteiger partial charge in [0.15, 0.2) is 0 Å². The van der Waals surface area contributed by atoms with E-state index in [-0.39, 0.29) is 5.75 Å². The molecule has 0 aliphatic rings. The maximum Gasteiger partial charge on any atom is 0.141 e. The lowest BCUT2D eigenvalue weighted by Crippen LogP contribution is -2.23. The first-order chi connectivity index (χ1) is 16.8. The number of benzene rings is 5. The van der Waals surface area contributed by atoms with Crippen molar-refractivity contribution >= 4 is 35.7 Å². The van der Waals surface area contributed by atoms with Crippen LogP contribution in [0.3, 0.4) is 0 Å². The van der Waals surface area contributed by atoms with E-state index in [1.165, 1.54) is 15.9 Å². The lowest BCUT2D eigenvalue weighted by molar-refractivity contribution is 0.477. The topological polar surface area (TPSA) is 32.6 Å². The molecule has 0 saturated carbocycles. The molecule has 0 aliphatic carbocycles. The van der Waals surface area contributed by atoms with E-state index in [1.807, 2.05) is 42.6 Å². The molecule has 0 amide bonds. The van der Waals surface area contributed by atoms with E-state index in [9.17, 15) is 5.11 Å². The quantitative estimate of drug-likeness (QED) is 0.227. The number of rotatable bonds is 6. The van der Waals surface area contributed by atoms with Crippen LogP contribution in [0.1, 0.15) is 5.56 Å². The molecule has 164 valence electrons. The zero-order valence-corrected chi connectivity index (χ0v) is 19.5. The molecule has 0 spiro atoms. The van der Waals surface area contributed by atoms with E-state index >= 15 is 0 Å². The summed E-state index contributed by atoms with van der Waals surface area (Å²) in [5, 5.41) is 14.3. The Morgan fingerprint density at radius 2 is 1.12 bits per heavy atom. The maximum absolute atomic E-state index is 10.5. The Morgan fingerprint density at radius 1 is 0.559 bits per heavy atom. The van der Waals surface area contributed by atoms with Crippen LogP contribution in [0.2, 0.25) is 0 Å². The summed E-state index contributed by atoms with van der Waals surface area (Å²) < 4.78 is 0. The molecule has 0 aromatic heterocycles. The number of hydrogen-bond acceptors (Lipinski definition) is 2. The van der Waals surface area contributed by atoms with Gasteiger partial charge in [0.2, 0.25) is 0 Å². The molecular formula is C31H24NOP. The van der Waals surface area contributed by atoms with Crippen LogP contribution in [0.25, 0.3) is 11.1 Å². The molecule has 0 radical (unpaired) electrons. The SMILES string of the molecule is Oc1ccc(-c2ccccc2)cc1/N=C/c1ccccc1P(c1ccccc1)c1ccccc1. The Labute approximate surface area is 201 Å². The van der Waals surface area contributed by atoms with Crippen LogP contribution in [0.5, 0.6) is 5.75 Å². The molecule has 0 fully saturated rings. The Morgan fingerprint density at radius 3 is 1.76 bits per heavy atom. The minimum absolute atomic E-state index is 0.168. The van der Waals surface area contributed by atoms with Gasteiger partial charge in [0.25, 0.3) is 0 Å². The third-order valence-electron chi connectivity index (χ3n) is 5.63. The average Bonchev–Trinajstić information content (AvgIpc) is 2.91. The standard InChI is InChI=1S/C31H24NOP/c33-30-21-20-25(24-12-4-1-5-13-24)22-29(30)32-23-26-14-10-11-19-31(26)34(27-15-6-2-7-16-27)28-17-8-3-9-18-28/h1-23,33H/b32-23+. The van der Waals surface area contributed by atoms with Crippen LogP contribution in [0.15, 0.2) is 138 Å². The highest BCUT2D eigenvalue weighted by Crippen LogP contribution is 2.35. The normalized spacial score (nSPS) is 11.2. The van der Waals surface area contributed by atoms with E-state index < -0.39 is 7.92 Å². The predicted molar refractivity (Wildman–Crippen MR) is 146 cm³/mol. The van der Waals surface area contributed by atoms with Gasteiger partial charge < -0.3 is 5.11 Å². The van der Waals surface area contributed by atoms with Crippen molar-refractivity contribution < 1.29 is 5.11 Å². The lowest BCUT2D eigenvalue weighted by atomic mass is 10.0. The summed E-state index contributed by atoms with van der Waals surface area (Å²) in [5.41, 5.74) is 3.72. The van der Waals surface area contributed by atoms with E-state index in [2.05, 4.69) is 91.0 Å². The summed E-state index contributed by atoms with van der Waals surface area (Å²) >= 11 is 0. The van der Waals surface area contributed by atoms with E-state index in [0.29, 0.717) is 5.69 Å². The summed E-state index contributed by atoms with van der Waals surface area (Å²) in [6, 6.07) is 45.4. The van der Waals surface area contributed by atoms with Crippen LogP contribution in [-0.4, -0.2) is 11.3 Å². The second-order valence-corrected chi connectivity index (χ2v) is 10.1. The van der Waals surface area contributed by atoms with Gasteiger partial charge in [-0.1, -0.05) is 121 Å². The van der Waals surface area contributed by atoms with Crippen LogP contribution >= 0.6 is 7.92 Å². The Kier molecular flexibility index (Phi) is 6.61. The largest absolute Gasteiger partial charge is 0.506 e. The van der Waals surface area contributed by atoms with Crippen LogP contribution in [-0.2, 0) is 0 Å². The minimum atomic E-state index is -0.751. The van der Waals surface area contributed by atoms with Crippen LogP contribution < -0.4 is 15.9 Å². The number of phenolic OH excluding ortho intramolecular Hbond substituents is 1. The Hall–Kier alpha value is -4.00. The van der Waals surface area contributed by atoms with Crippen molar-refractivity contribution in [2.75, 3.05) is 0 Å². The molecule has 0 atom stereocenters. The van der Waals surface area contributed by atoms with Gasteiger partial charge in [-0.05, 0) is 47.1 Å². The van der Waals surface area contributed by atoms with Crippen molar-refractivity contribution in [3.8, 4) is 16.9 Å². The van der Waals surface area contributed by atoms with Gasteiger partial charge in [0, 0.05) is 11.8 Å². The number of nitrogens with zero attached hydrogens (tertiary/aromatic N) is 1. The molecule has 2 nitrogen and oxygen atoms in total. The number of phenols is 1. The van der Waals surface area contributed by atoms with E-state index in [4.69, 9.17) is 4.99 Å². The molecule has 34 heavy (non-hydrogen) atoms. The zero-order valence-electron chi connectivity index (χ0n) is 18.6. The van der Waals surface area contributed by atoms with Crippen molar-refractivity contribution in [2.45, 2.75) is 0 Å². The average molecular weight is 458 g/mol. The fraction of sp³-hybridized carbons (Fsp3) is 0. The van der Waals surface area contributed by atoms with Crippen molar-refractivity contribution in [3.05, 3.63) is 139 Å². The lowest BCUT2D eigenvalue weighted by Gasteiger charge is -2.21. The van der Waals surface area contributed by atoms with Gasteiger partial charge in [0.1, 0.15) is 11.4 Å². The van der Waals surface area contributed by atoms with Crippen molar-refractivity contribution in [1.29, 1.82) is 0 Å². The third kappa shape index (κ3) is 4.83. The molecule has 0 unspecified atom stereocenters. The first kappa shape index (κ1) is 21.8. The highest BCUT2D eigenvalue weighted by molar-refractivity contribution is 7.80. The summed E-state index contributed by atoms with van der Waals surface area (Å²) in [6.45, 7) is 0. The second kappa shape index (κ2) is 10.3. The van der Waals surface area contributed by atoms with Crippen molar-refractivity contribution in [2.24, 2.45) is 4.99 Å². The van der Waals surface area contributed by atoms with Gasteiger partial charge >= 0.3 is 0 Å². The minimum Gasteiger partial charge on any atom is -0.506 e. The molecule has 3 heteroatoms. The summed E-state index contributed by atoms with van der Waals surface area (Å²) in [7, 11) is -0.751. The number of aliphatic imine (C=N–C) groups is 1. The molecule has 5 rings (SSSR count). The first-order valence-corrected chi connectivity index (χ1v) is 12.6. The van der Waals surface area contributed by atoms with Gasteiger partial charge in [-0.3, -0.25) is 4.99 Å². The molecular weight excluding hydrogens is 433 g/mol. The molecule has 1 N–H and O–H groups in total. The van der Waals surface area contributed by atoms with E-state index in [1.54, 1.807) is 6.07 Å². The second-order valence-electron chi connectivity index (χ2n) is 7.89. The molecule has 0 heterocycles. The van der Waals surface area contributed by atoms with Crippen molar-refractivity contribution in [3.63, 3.8) is 0 Å². The molecule has 5 aromatic carbocycles. The third-order valence-corrected chi connectivity index (χ3v) is 8.15. The number of aromatic hydroxyl groups is 1. The molecule has 0 bridgehead atoms. The molecule has 5 aromatic rings. The van der Waals surface area contributed by atoms with Gasteiger partial charge in [0.05, 0.1) is 0 Å². The smallest absolute Gasteiger partial charge is 0.141 e. The summed E-state index contributed by atoms with van der Waals surface area (Å²) in [4.78, 5) is 4.73. The zero-order chi connectivity index (χ0) is 23.2. The molecule has 0 saturated heterocycles. The van der Waals surface area contributed by atoms with E-state index in [0.717, 1.165) is 16.7 Å². The highest BCUT2D eigenvalue weighted by atomic mass is 31.1. The summed E-state index contributed by atoms with van der Waals surface area (Å²) in [5.74, 6) is 0.168. The maximum atomic E-state index is 10.5. The highest BCUT2D eigenvalue weighted by Gasteiger charge is 2.18. The van der Waals surface area contributed by atoms with Crippen LogP contribution in [0, 0.1) is 0 Å². The van der Waals surface area contributed by atoms with Gasteiger partial charge in [-0.25, -0.2) is 0 Å². The van der Waals surface area contributed by atoms with Crippen molar-refractivity contribution in [1.82, 2.24) is 0 Å². The van der Waals surface area contributed by atoms with Gasteiger partial charge in [-0.15, -0.1) is 0 Å². The Balaban J connectivity index is 1.56. The fourth-order valence-corrected chi connectivity index (χ4v) is 6.38. The first-order valence-electron chi connectivity index (χ1n) is 11.2. The van der Waals surface area contributed by atoms with Gasteiger partial charge in [-0.2, -0.15) is 0 Å². The fourth-order valence-electron chi connectivity index (χ4n) is 3.96. The predicted octanol–water partition coefficient (Wildman–Crippen LogP) is 6.57. The molecule has 0 aliphatic heterocycles. The van der Waals surface area contributed by atoms with Crippen LogP contribution in [0.4, 0.5) is 5.69 Å². The Bertz CT molecular complexity index is 1360. The number of hydrogen-bond donors (Lipinski definition) is 1. The monoisotopic (exact) mass is 457 g/mol.